The van der Waals surface area contributed by atoms with E-state index < -0.39 is 0 Å². The molecule has 0 saturated carbocycles. The van der Waals surface area contributed by atoms with Crippen LogP contribution >= 0.6 is 0 Å². The highest BCUT2D eigenvalue weighted by atomic mass is 28.2. The van der Waals surface area contributed by atoms with Crippen LogP contribution in [0.2, 0.25) is 13.1 Å². The van der Waals surface area contributed by atoms with E-state index in [1.54, 1.807) is 0 Å². The molecule has 0 N–H and O–H groups in total. The van der Waals surface area contributed by atoms with Crippen LogP contribution in [0.1, 0.15) is 26.7 Å². The fourth-order valence-corrected chi connectivity index (χ4v) is 2.30. The lowest BCUT2D eigenvalue weighted by Crippen LogP contribution is -2.00. The Kier molecular flexibility index (Phi) is 3.21. The van der Waals surface area contributed by atoms with Gasteiger partial charge in [-0.05, 0) is 35.2 Å². The maximum atomic E-state index is 3.53. The Bertz CT molecular complexity index is 241. The Balaban J connectivity index is 3.00. The molecule has 0 heterocycles. The Morgan fingerprint density at radius 1 is 1.25 bits per heavy atom. The van der Waals surface area contributed by atoms with E-state index in [4.69, 9.17) is 0 Å². The molecule has 0 aromatic carbocycles. The molecule has 0 unspecified atom stereocenters. The summed E-state index contributed by atoms with van der Waals surface area (Å²) in [6, 6.07) is 0. The Morgan fingerprint density at radius 3 is 2.25 bits per heavy atom. The molecule has 1 heteroatoms. The molecule has 0 spiro atoms. The van der Waals surface area contributed by atoms with Gasteiger partial charge < -0.3 is 0 Å². The number of hydrogen-bond donors (Lipinski definition) is 0. The fraction of sp³-hybridized carbons (Fsp3) is 0.545. The van der Waals surface area contributed by atoms with Gasteiger partial charge in [-0.25, -0.2) is 0 Å². The number of rotatable bonds is 2. The van der Waals surface area contributed by atoms with Crippen molar-refractivity contribution < 1.29 is 0 Å². The predicted molar refractivity (Wildman–Crippen MR) is 57.9 cm³/mol. The van der Waals surface area contributed by atoms with Gasteiger partial charge in [-0.2, -0.15) is 0 Å². The first-order chi connectivity index (χ1) is 5.69. The minimum atomic E-state index is -0.289. The molecule has 1 aliphatic rings. The van der Waals surface area contributed by atoms with Crippen molar-refractivity contribution in [2.45, 2.75) is 39.8 Å². The van der Waals surface area contributed by atoms with Gasteiger partial charge in [0.15, 0.2) is 0 Å². The first kappa shape index (κ1) is 9.65. The monoisotopic (exact) mass is 177 g/mol. The van der Waals surface area contributed by atoms with E-state index in [-0.39, 0.29) is 8.41 Å². The van der Waals surface area contributed by atoms with Crippen LogP contribution in [0.4, 0.5) is 0 Å². The second-order valence-electron chi connectivity index (χ2n) is 3.39. The lowest BCUT2D eigenvalue weighted by Gasteiger charge is -1.99. The first-order valence-corrected chi connectivity index (χ1v) is 7.20. The van der Waals surface area contributed by atoms with Crippen molar-refractivity contribution in [2.24, 2.45) is 0 Å². The standard InChI is InChI=1S/C11H17Si/c1-5-9-7-11(12(3)4)8-10(9)6-2/h7H,5-6H2,1-4H3. The van der Waals surface area contributed by atoms with Crippen molar-refractivity contribution in [3.8, 4) is 0 Å². The van der Waals surface area contributed by atoms with Crippen LogP contribution in [-0.4, -0.2) is 13.6 Å². The van der Waals surface area contributed by atoms with Gasteiger partial charge in [0.2, 0.25) is 0 Å². The van der Waals surface area contributed by atoms with Gasteiger partial charge in [0.05, 0.1) is 0 Å². The third kappa shape index (κ3) is 1.83. The molecule has 0 aromatic rings. The average Bonchev–Trinajstić information content (AvgIpc) is 2.46. The highest BCUT2D eigenvalue weighted by molar-refractivity contribution is 6.72. The lowest BCUT2D eigenvalue weighted by atomic mass is 10.1. The Morgan fingerprint density at radius 2 is 1.92 bits per heavy atom. The molecule has 65 valence electrons. The van der Waals surface area contributed by atoms with Gasteiger partial charge in [-0.3, -0.25) is 0 Å². The molecule has 1 radical (unpaired) electrons. The SMILES string of the molecule is CCC1=[C]C(=[Si](C)C)C=C1CC. The summed E-state index contributed by atoms with van der Waals surface area (Å²) in [6.07, 6.45) is 8.18. The zero-order valence-electron chi connectivity index (χ0n) is 8.49. The summed E-state index contributed by atoms with van der Waals surface area (Å²) in [6.45, 7) is 9.10. The molecule has 0 fully saturated rings. The van der Waals surface area contributed by atoms with E-state index in [9.17, 15) is 0 Å². The summed E-state index contributed by atoms with van der Waals surface area (Å²) < 4.78 is 0. The number of allylic oxidation sites excluding steroid dienone is 4. The fourth-order valence-electron chi connectivity index (χ4n) is 1.44. The van der Waals surface area contributed by atoms with Gasteiger partial charge in [0, 0.05) is 8.41 Å². The number of hydrogen-bond acceptors (Lipinski definition) is 0. The molecule has 0 aliphatic heterocycles. The maximum Gasteiger partial charge on any atom is 0.0136 e. The summed E-state index contributed by atoms with van der Waals surface area (Å²) in [5, 5.41) is 1.48. The molecule has 0 saturated heterocycles. The smallest absolute Gasteiger partial charge is 0.0136 e. The van der Waals surface area contributed by atoms with Crippen molar-refractivity contribution in [3.05, 3.63) is 23.3 Å². The molecule has 0 aromatic heterocycles. The van der Waals surface area contributed by atoms with Crippen molar-refractivity contribution >= 4 is 13.6 Å². The normalized spacial score (nSPS) is 16.2. The van der Waals surface area contributed by atoms with Gasteiger partial charge >= 0.3 is 0 Å². The first-order valence-electron chi connectivity index (χ1n) is 4.70. The predicted octanol–water partition coefficient (Wildman–Crippen LogP) is 2.98. The highest BCUT2D eigenvalue weighted by Crippen LogP contribution is 2.22. The highest BCUT2D eigenvalue weighted by Gasteiger charge is 2.10. The summed E-state index contributed by atoms with van der Waals surface area (Å²) >= 11 is 0. The van der Waals surface area contributed by atoms with Crippen LogP contribution < -0.4 is 0 Å². The van der Waals surface area contributed by atoms with Crippen LogP contribution in [0.5, 0.6) is 0 Å². The van der Waals surface area contributed by atoms with Gasteiger partial charge in [0.25, 0.3) is 0 Å². The van der Waals surface area contributed by atoms with Crippen molar-refractivity contribution in [2.75, 3.05) is 0 Å². The van der Waals surface area contributed by atoms with E-state index in [2.05, 4.69) is 39.1 Å². The van der Waals surface area contributed by atoms with E-state index in [0.29, 0.717) is 0 Å². The van der Waals surface area contributed by atoms with E-state index in [1.807, 2.05) is 0 Å². The quantitative estimate of drug-likeness (QED) is 0.569. The molecule has 0 nitrogen and oxygen atoms in total. The second-order valence-corrected chi connectivity index (χ2v) is 5.93. The minimum Gasteiger partial charge on any atom is -0.0613 e. The summed E-state index contributed by atoms with van der Waals surface area (Å²) in [4.78, 5) is 0. The van der Waals surface area contributed by atoms with Crippen LogP contribution in [-0.2, 0) is 0 Å². The maximum absolute atomic E-state index is 3.53. The largest absolute Gasteiger partial charge is 0.0613 e. The molecular weight excluding hydrogens is 160 g/mol. The van der Waals surface area contributed by atoms with E-state index in [1.165, 1.54) is 16.3 Å². The molecule has 1 aliphatic carbocycles. The summed E-state index contributed by atoms with van der Waals surface area (Å²) in [7, 11) is -0.289. The molecular formula is C11H17Si. The van der Waals surface area contributed by atoms with Gasteiger partial charge in [0.1, 0.15) is 0 Å². The minimum absolute atomic E-state index is 0.289. The molecule has 0 amide bonds. The average molecular weight is 177 g/mol. The third-order valence-corrected chi connectivity index (χ3v) is 3.61. The molecule has 1 rings (SSSR count). The summed E-state index contributed by atoms with van der Waals surface area (Å²) in [5.74, 6) is 0. The van der Waals surface area contributed by atoms with Crippen molar-refractivity contribution in [1.82, 2.24) is 0 Å². The zero-order valence-corrected chi connectivity index (χ0v) is 9.49. The van der Waals surface area contributed by atoms with E-state index >= 15 is 0 Å². The molecule has 0 bridgehead atoms. The zero-order chi connectivity index (χ0) is 9.14. The van der Waals surface area contributed by atoms with Gasteiger partial charge in [-0.1, -0.05) is 33.0 Å². The van der Waals surface area contributed by atoms with Crippen LogP contribution in [0.25, 0.3) is 0 Å². The Labute approximate surface area is 77.2 Å². The third-order valence-electron chi connectivity index (χ3n) is 2.26. The summed E-state index contributed by atoms with van der Waals surface area (Å²) in [5.41, 5.74) is 2.96. The molecule has 12 heavy (non-hydrogen) atoms. The van der Waals surface area contributed by atoms with Gasteiger partial charge in [-0.15, -0.1) is 0 Å². The van der Waals surface area contributed by atoms with Crippen LogP contribution in [0.15, 0.2) is 17.2 Å². The Hall–Kier alpha value is -0.433. The lowest BCUT2D eigenvalue weighted by molar-refractivity contribution is 1.03. The van der Waals surface area contributed by atoms with Crippen molar-refractivity contribution in [3.63, 3.8) is 0 Å². The van der Waals surface area contributed by atoms with Crippen LogP contribution in [0, 0.1) is 6.08 Å². The van der Waals surface area contributed by atoms with Crippen molar-refractivity contribution in [1.29, 1.82) is 0 Å². The van der Waals surface area contributed by atoms with E-state index in [0.717, 1.165) is 12.8 Å². The molecule has 0 atom stereocenters. The van der Waals surface area contributed by atoms with Crippen LogP contribution in [0.3, 0.4) is 0 Å². The second kappa shape index (κ2) is 3.99. The topological polar surface area (TPSA) is 0 Å².